The van der Waals surface area contributed by atoms with Gasteiger partial charge in [0.1, 0.15) is 28.7 Å². The van der Waals surface area contributed by atoms with Crippen LogP contribution in [0.4, 0.5) is 0 Å². The first kappa shape index (κ1) is 64.2. The molecular formula is C51H95N11O9. The van der Waals surface area contributed by atoms with E-state index in [0.29, 0.717) is 25.9 Å². The van der Waals surface area contributed by atoms with Gasteiger partial charge < -0.3 is 51.9 Å². The number of nitrogens with zero attached hydrogens (tertiary/aromatic N) is 4. The van der Waals surface area contributed by atoms with E-state index >= 15 is 0 Å². The van der Waals surface area contributed by atoms with Gasteiger partial charge >= 0.3 is 0 Å². The fraction of sp³-hybridized carbons (Fsp3) is 0.824. The lowest BCUT2D eigenvalue weighted by molar-refractivity contribution is -0.150. The van der Waals surface area contributed by atoms with Crippen LogP contribution in [0.2, 0.25) is 0 Å². The highest BCUT2D eigenvalue weighted by Crippen LogP contribution is 2.21. The van der Waals surface area contributed by atoms with E-state index in [0.717, 1.165) is 51.5 Å². The molecule has 7 N–H and O–H groups in total. The van der Waals surface area contributed by atoms with Crippen molar-refractivity contribution in [1.29, 1.82) is 0 Å². The molecule has 3 atom stereocenters. The maximum absolute atomic E-state index is 14.2. The standard InChI is InChI=1S/C51H95N11O9/c1-17-18-19-20-21-22-24-37(56-44(67)38-25-23-29-60(38)16)43(66)54-33-42(65)62(36(6)7)51(12,13)48(71)55-32-41(64)61(35(4)5)39(31-34(2)3)45(68)57-50(10,11)47(70)58-49(8,9)46(69)53-27-26-40(63)52-28-30-59(14)15/h34-39H,17-33H2,1-16H3,(H,52,63)(H,53,69)(H,54,66)(H,55,71)(H,56,67)(H,57,68)(H,58,70). The van der Waals surface area contributed by atoms with Crippen LogP contribution >= 0.6 is 0 Å². The van der Waals surface area contributed by atoms with Crippen molar-refractivity contribution in [1.82, 2.24) is 56.8 Å². The van der Waals surface area contributed by atoms with Gasteiger partial charge in [-0.3, -0.25) is 48.1 Å². The summed E-state index contributed by atoms with van der Waals surface area (Å²) >= 11 is 0. The molecule has 71 heavy (non-hydrogen) atoms. The third-order valence-electron chi connectivity index (χ3n) is 12.8. The van der Waals surface area contributed by atoms with E-state index in [1.54, 1.807) is 41.5 Å². The molecule has 3 unspecified atom stereocenters. The Kier molecular flexibility index (Phi) is 27.3. The van der Waals surface area contributed by atoms with Crippen LogP contribution in [0.5, 0.6) is 0 Å². The normalized spacial score (nSPS) is 15.2. The quantitative estimate of drug-likeness (QED) is 0.0482. The van der Waals surface area contributed by atoms with Crippen LogP contribution in [-0.2, 0) is 43.2 Å². The van der Waals surface area contributed by atoms with E-state index in [-0.39, 0.29) is 43.2 Å². The molecule has 1 aliphatic heterocycles. The van der Waals surface area contributed by atoms with Crippen LogP contribution in [0, 0.1) is 5.92 Å². The van der Waals surface area contributed by atoms with E-state index in [1.165, 1.54) is 37.5 Å². The number of hydrogen-bond acceptors (Lipinski definition) is 11. The first-order valence-electron chi connectivity index (χ1n) is 25.9. The highest BCUT2D eigenvalue weighted by molar-refractivity contribution is 5.99. The fourth-order valence-electron chi connectivity index (χ4n) is 8.67. The van der Waals surface area contributed by atoms with Crippen molar-refractivity contribution < 1.29 is 43.2 Å². The van der Waals surface area contributed by atoms with Gasteiger partial charge in [0.2, 0.25) is 53.2 Å². The van der Waals surface area contributed by atoms with Crippen LogP contribution in [0.25, 0.3) is 0 Å². The third-order valence-corrected chi connectivity index (χ3v) is 12.8. The predicted octanol–water partition coefficient (Wildman–Crippen LogP) is 2.19. The Labute approximate surface area is 425 Å². The van der Waals surface area contributed by atoms with Crippen molar-refractivity contribution in [2.45, 2.75) is 207 Å². The van der Waals surface area contributed by atoms with Crippen LogP contribution in [0.15, 0.2) is 0 Å². The number of carbonyl (C=O) groups excluding carboxylic acids is 9. The first-order chi connectivity index (χ1) is 32.9. The first-order valence-corrected chi connectivity index (χ1v) is 25.9. The fourth-order valence-corrected chi connectivity index (χ4v) is 8.67. The zero-order valence-electron chi connectivity index (χ0n) is 46.4. The summed E-state index contributed by atoms with van der Waals surface area (Å²) in [5, 5.41) is 19.3. The van der Waals surface area contributed by atoms with Crippen molar-refractivity contribution in [3.8, 4) is 0 Å². The van der Waals surface area contributed by atoms with Crippen molar-refractivity contribution >= 4 is 53.2 Å². The molecule has 1 saturated heterocycles. The Hall–Kier alpha value is -4.85. The monoisotopic (exact) mass is 1010 g/mol. The van der Waals surface area contributed by atoms with Gasteiger partial charge in [-0.2, -0.15) is 0 Å². The molecule has 0 aromatic carbocycles. The number of rotatable bonds is 32. The average molecular weight is 1010 g/mol. The van der Waals surface area contributed by atoms with Crippen LogP contribution in [-0.4, -0.2) is 180 Å². The van der Waals surface area contributed by atoms with Crippen molar-refractivity contribution in [2.75, 3.05) is 60.4 Å². The van der Waals surface area contributed by atoms with Gasteiger partial charge in [-0.05, 0) is 129 Å². The highest BCUT2D eigenvalue weighted by atomic mass is 16.2. The molecule has 0 aromatic rings. The molecule has 0 saturated carbocycles. The molecule has 20 nitrogen and oxygen atoms in total. The Morgan fingerprint density at radius 1 is 0.662 bits per heavy atom. The summed E-state index contributed by atoms with van der Waals surface area (Å²) in [5.74, 6) is -4.57. The molecule has 408 valence electrons. The zero-order valence-corrected chi connectivity index (χ0v) is 46.4. The van der Waals surface area contributed by atoms with E-state index in [4.69, 9.17) is 0 Å². The lowest BCUT2D eigenvalue weighted by Crippen LogP contribution is -2.65. The van der Waals surface area contributed by atoms with Crippen LogP contribution < -0.4 is 37.2 Å². The number of amides is 9. The lowest BCUT2D eigenvalue weighted by atomic mass is 9.96. The summed E-state index contributed by atoms with van der Waals surface area (Å²) in [5.41, 5.74) is -4.48. The van der Waals surface area contributed by atoms with E-state index < -0.39 is 95.2 Å². The molecule has 0 aliphatic carbocycles. The summed E-state index contributed by atoms with van der Waals surface area (Å²) in [6.45, 7) is 23.0. The second-order valence-corrected chi connectivity index (χ2v) is 22.0. The largest absolute Gasteiger partial charge is 0.355 e. The lowest BCUT2D eigenvalue weighted by Gasteiger charge is -2.41. The average Bonchev–Trinajstić information content (AvgIpc) is 3.69. The minimum Gasteiger partial charge on any atom is -0.355 e. The number of nitrogens with one attached hydrogen (secondary N) is 7. The molecule has 0 bridgehead atoms. The molecular weight excluding hydrogens is 911 g/mol. The molecule has 1 heterocycles. The van der Waals surface area contributed by atoms with Gasteiger partial charge in [0, 0.05) is 38.1 Å². The summed E-state index contributed by atoms with van der Waals surface area (Å²) < 4.78 is 0. The van der Waals surface area contributed by atoms with Crippen molar-refractivity contribution in [3.63, 3.8) is 0 Å². The molecule has 1 fully saturated rings. The number of likely N-dealkylation sites (tertiary alicyclic amines) is 1. The van der Waals surface area contributed by atoms with Gasteiger partial charge in [0.05, 0.1) is 19.1 Å². The van der Waals surface area contributed by atoms with Crippen LogP contribution in [0.3, 0.4) is 0 Å². The Bertz CT molecular complexity index is 1780. The molecule has 9 amide bonds. The van der Waals surface area contributed by atoms with Gasteiger partial charge in [-0.15, -0.1) is 0 Å². The summed E-state index contributed by atoms with van der Waals surface area (Å²) in [7, 11) is 5.67. The van der Waals surface area contributed by atoms with Crippen molar-refractivity contribution in [3.05, 3.63) is 0 Å². The van der Waals surface area contributed by atoms with E-state index in [2.05, 4.69) is 44.1 Å². The maximum atomic E-state index is 14.2. The van der Waals surface area contributed by atoms with Gasteiger partial charge in [0.25, 0.3) is 0 Å². The number of hydrogen-bond donors (Lipinski definition) is 7. The predicted molar refractivity (Wildman–Crippen MR) is 277 cm³/mol. The number of likely N-dealkylation sites (N-methyl/N-ethyl adjacent to an activating group) is 2. The number of unbranched alkanes of at least 4 members (excludes halogenated alkanes) is 5. The Morgan fingerprint density at radius 3 is 1.80 bits per heavy atom. The van der Waals surface area contributed by atoms with Gasteiger partial charge in [-0.1, -0.05) is 59.3 Å². The van der Waals surface area contributed by atoms with Crippen molar-refractivity contribution in [2.24, 2.45) is 5.92 Å². The number of carbonyl (C=O) groups is 9. The molecule has 0 spiro atoms. The van der Waals surface area contributed by atoms with Gasteiger partial charge in [0.15, 0.2) is 0 Å². The summed E-state index contributed by atoms with van der Waals surface area (Å²) in [6.07, 6.45) is 8.30. The highest BCUT2D eigenvalue weighted by Gasteiger charge is 2.43. The van der Waals surface area contributed by atoms with Crippen LogP contribution in [0.1, 0.15) is 161 Å². The van der Waals surface area contributed by atoms with E-state index in [1.807, 2.05) is 44.8 Å². The second-order valence-electron chi connectivity index (χ2n) is 22.0. The molecule has 1 aliphatic rings. The third kappa shape index (κ3) is 21.8. The second kappa shape index (κ2) is 30.2. The smallest absolute Gasteiger partial charge is 0.246 e. The minimum atomic E-state index is -1.55. The molecule has 1 rings (SSSR count). The Morgan fingerprint density at radius 2 is 1.25 bits per heavy atom. The minimum absolute atomic E-state index is 0.0495. The topological polar surface area (TPSA) is 251 Å². The molecule has 0 radical (unpaired) electrons. The van der Waals surface area contributed by atoms with Gasteiger partial charge in [-0.25, -0.2) is 0 Å². The maximum Gasteiger partial charge on any atom is 0.246 e. The van der Waals surface area contributed by atoms with E-state index in [9.17, 15) is 43.2 Å². The summed E-state index contributed by atoms with van der Waals surface area (Å²) in [6, 6.07) is -3.25. The zero-order chi connectivity index (χ0) is 54.4. The molecule has 0 aromatic heterocycles. The Balaban J connectivity index is 3.11. The SMILES string of the molecule is CCCCCCCCC(NC(=O)C1CCCN1C)C(=O)NCC(=O)N(C(C)C)C(C)(C)C(=O)NCC(=O)N(C(C)C)C(CC(C)C)C(=O)NC(C)(C)C(=O)NC(C)(C)C(=O)NCCC(=O)NCCN(C)C. The summed E-state index contributed by atoms with van der Waals surface area (Å²) in [4.78, 5) is 129. The molecule has 20 heteroatoms.